The maximum absolute atomic E-state index is 5.62. The summed E-state index contributed by atoms with van der Waals surface area (Å²) in [4.78, 5) is 11.2. The Morgan fingerprint density at radius 3 is 1.57 bits per heavy atom. The van der Waals surface area contributed by atoms with Crippen molar-refractivity contribution < 1.29 is 0 Å². The van der Waals surface area contributed by atoms with Crippen LogP contribution in [0.2, 0.25) is 0 Å². The number of benzene rings is 8. The van der Waals surface area contributed by atoms with E-state index in [1.807, 2.05) is 0 Å². The van der Waals surface area contributed by atoms with Crippen molar-refractivity contribution in [1.82, 2.24) is 18.8 Å². The standard InChI is InChI=1S/C71H48N4/c1-70(2,3)37-28-47-45-31-55-46(32-54(45)74-56-33-73-67-60-42-18-6-4-16-40(42)59(41-17-5-7-19-43(41)60)64(67)62(56)49(29-37)68(47)74)48-30-53-61(65-63-57(75(55)69(48)65)34-72-66-36-26-24-35(25-27-36)58(63)66)44-20-10-13-23-52(44)71(53)50-21-11-8-14-38(50)39-15-9-12-22-51(39)71/h4-23,28-36,59-60H,24-27H2,1-3H3. The van der Waals surface area contributed by atoms with E-state index in [0.29, 0.717) is 11.8 Å². The number of nitrogens with zero attached hydrogens (tertiary/aromatic N) is 4. The summed E-state index contributed by atoms with van der Waals surface area (Å²) in [6.07, 6.45) is 9.55. The van der Waals surface area contributed by atoms with E-state index in [-0.39, 0.29) is 17.3 Å². The molecule has 4 nitrogen and oxygen atoms in total. The molecule has 1 saturated carbocycles. The fraction of sp³-hybridized carbons (Fsp3) is 0.183. The van der Waals surface area contributed by atoms with E-state index < -0.39 is 5.41 Å². The highest BCUT2D eigenvalue weighted by atomic mass is 15.0. The Kier molecular flexibility index (Phi) is 6.58. The number of aromatic nitrogens is 4. The van der Waals surface area contributed by atoms with Gasteiger partial charge < -0.3 is 8.80 Å². The van der Waals surface area contributed by atoms with Crippen molar-refractivity contribution >= 4 is 76.2 Å². The lowest BCUT2D eigenvalue weighted by Gasteiger charge is -2.41. The number of hydrogen-bond donors (Lipinski definition) is 0. The molecule has 1 fully saturated rings. The first-order valence-corrected chi connectivity index (χ1v) is 27.6. The van der Waals surface area contributed by atoms with Gasteiger partial charge in [-0.3, -0.25) is 9.97 Å². The Balaban J connectivity index is 0.978. The Morgan fingerprint density at radius 1 is 0.427 bits per heavy atom. The minimum absolute atomic E-state index is 0.0721. The van der Waals surface area contributed by atoms with Crippen LogP contribution in [0.25, 0.3) is 98.4 Å². The highest BCUT2D eigenvalue weighted by Gasteiger charge is 2.53. The van der Waals surface area contributed by atoms with Crippen molar-refractivity contribution in [2.75, 3.05) is 0 Å². The summed E-state index contributed by atoms with van der Waals surface area (Å²) in [5, 5.41) is 10.9. The molecule has 0 saturated heterocycles. The molecule has 1 spiro atoms. The molecule has 0 atom stereocenters. The summed E-state index contributed by atoms with van der Waals surface area (Å²) < 4.78 is 5.30. The van der Waals surface area contributed by atoms with E-state index in [0.717, 1.165) is 0 Å². The lowest BCUT2D eigenvalue weighted by molar-refractivity contribution is 0.353. The van der Waals surface area contributed by atoms with Crippen molar-refractivity contribution in [3.63, 3.8) is 0 Å². The molecular weight excluding hydrogens is 909 g/mol. The molecule has 8 aromatic carbocycles. The van der Waals surface area contributed by atoms with Gasteiger partial charge in [0.25, 0.3) is 0 Å². The highest BCUT2D eigenvalue weighted by molar-refractivity contribution is 6.32. The van der Waals surface area contributed by atoms with Gasteiger partial charge in [-0.2, -0.15) is 0 Å². The fourth-order valence-corrected chi connectivity index (χ4v) is 17.6. The number of hydrogen-bond acceptors (Lipinski definition) is 2. The van der Waals surface area contributed by atoms with Gasteiger partial charge in [-0.25, -0.2) is 0 Å². The molecule has 22 rings (SSSR count). The van der Waals surface area contributed by atoms with Crippen LogP contribution >= 0.6 is 0 Å². The first-order valence-electron chi connectivity index (χ1n) is 27.6. The summed E-state index contributed by atoms with van der Waals surface area (Å²) in [7, 11) is 0. The summed E-state index contributed by atoms with van der Waals surface area (Å²) in [5.74, 6) is 1.29. The monoisotopic (exact) mass is 956 g/mol. The molecular formula is C71H48N4. The molecule has 0 N–H and O–H groups in total. The minimum Gasteiger partial charge on any atom is -0.306 e. The van der Waals surface area contributed by atoms with Crippen molar-refractivity contribution in [1.29, 1.82) is 0 Å². The van der Waals surface area contributed by atoms with Crippen LogP contribution in [0.15, 0.2) is 164 Å². The zero-order valence-corrected chi connectivity index (χ0v) is 42.0. The number of pyridine rings is 2. The van der Waals surface area contributed by atoms with Gasteiger partial charge in [-0.05, 0) is 151 Å². The summed E-state index contributed by atoms with van der Waals surface area (Å²) in [6.45, 7) is 7.15. The molecule has 0 radical (unpaired) electrons. The highest BCUT2D eigenvalue weighted by Crippen LogP contribution is 2.66. The summed E-state index contributed by atoms with van der Waals surface area (Å²) in [6, 6.07) is 59.4. The van der Waals surface area contributed by atoms with Crippen LogP contribution in [-0.4, -0.2) is 18.8 Å². The van der Waals surface area contributed by atoms with Crippen molar-refractivity contribution in [3.05, 3.63) is 237 Å². The summed E-state index contributed by atoms with van der Waals surface area (Å²) >= 11 is 0. The van der Waals surface area contributed by atoms with Crippen LogP contribution in [0.1, 0.15) is 143 Å². The quantitative estimate of drug-likeness (QED) is 0.152. The van der Waals surface area contributed by atoms with Crippen LogP contribution in [0.4, 0.5) is 0 Å². The van der Waals surface area contributed by atoms with Gasteiger partial charge in [0.2, 0.25) is 0 Å². The molecule has 4 heteroatoms. The molecule has 6 heterocycles. The zero-order valence-electron chi connectivity index (χ0n) is 42.0. The molecule has 14 aromatic rings. The largest absolute Gasteiger partial charge is 0.306 e. The molecule has 8 aliphatic rings. The maximum Gasteiger partial charge on any atom is 0.0728 e. The van der Waals surface area contributed by atoms with Gasteiger partial charge in [0, 0.05) is 60.6 Å². The van der Waals surface area contributed by atoms with Crippen LogP contribution in [0.5, 0.6) is 0 Å². The van der Waals surface area contributed by atoms with Crippen molar-refractivity contribution in [2.45, 2.75) is 81.0 Å². The smallest absolute Gasteiger partial charge is 0.0728 e. The van der Waals surface area contributed by atoms with Gasteiger partial charge in [0.15, 0.2) is 0 Å². The Labute approximate surface area is 432 Å². The first kappa shape index (κ1) is 39.2. The lowest BCUT2D eigenvalue weighted by atomic mass is 9.62. The van der Waals surface area contributed by atoms with Crippen molar-refractivity contribution in [2.24, 2.45) is 0 Å². The van der Waals surface area contributed by atoms with Gasteiger partial charge in [0.1, 0.15) is 0 Å². The molecule has 75 heavy (non-hydrogen) atoms. The topological polar surface area (TPSA) is 34.6 Å². The normalized spacial score (nSPS) is 20.1. The van der Waals surface area contributed by atoms with E-state index in [1.165, 1.54) is 191 Å². The first-order chi connectivity index (χ1) is 36.9. The number of fused-ring (bicyclic) bond motifs is 25. The van der Waals surface area contributed by atoms with E-state index in [2.05, 4.69) is 194 Å². The predicted molar refractivity (Wildman–Crippen MR) is 305 cm³/mol. The molecule has 0 aliphatic heterocycles. The second-order valence-corrected chi connectivity index (χ2v) is 24.5. The second-order valence-electron chi connectivity index (χ2n) is 24.5. The SMILES string of the molecule is CC(C)(C)c1cc2c3cc4c(cc3n3c5cnc6c(c5c(c1)c23)C1c2ccccc2C6c2ccccc21)c1cc2c(c3c5c6c(ncc5n4c13)C1CCC6CC1)-c1ccccc1C21c2ccccc2-c2ccccc21. The van der Waals surface area contributed by atoms with Crippen LogP contribution in [0.3, 0.4) is 0 Å². The fourth-order valence-electron chi connectivity index (χ4n) is 17.6. The Morgan fingerprint density at radius 2 is 0.933 bits per heavy atom. The third-order valence-corrected chi connectivity index (χ3v) is 20.4. The average Bonchev–Trinajstić information content (AvgIpc) is 4.33. The third-order valence-electron chi connectivity index (χ3n) is 20.4. The van der Waals surface area contributed by atoms with E-state index in [1.54, 1.807) is 5.56 Å². The maximum atomic E-state index is 5.62. The molecule has 0 amide bonds. The van der Waals surface area contributed by atoms with Gasteiger partial charge >= 0.3 is 0 Å². The molecule has 6 aromatic heterocycles. The third kappa shape index (κ3) is 4.17. The van der Waals surface area contributed by atoms with Crippen molar-refractivity contribution in [3.8, 4) is 22.3 Å². The van der Waals surface area contributed by atoms with Gasteiger partial charge in [-0.1, -0.05) is 142 Å². The van der Waals surface area contributed by atoms with E-state index in [4.69, 9.17) is 9.97 Å². The van der Waals surface area contributed by atoms with Gasteiger partial charge in [0.05, 0.1) is 62.5 Å². The Hall–Kier alpha value is -8.34. The van der Waals surface area contributed by atoms with E-state index >= 15 is 0 Å². The average molecular weight is 957 g/mol. The molecule has 4 bridgehead atoms. The Bertz CT molecular complexity index is 4930. The number of rotatable bonds is 0. The molecule has 8 aliphatic carbocycles. The summed E-state index contributed by atoms with van der Waals surface area (Å²) in [5.41, 5.74) is 30.8. The molecule has 352 valence electrons. The zero-order chi connectivity index (χ0) is 48.7. The van der Waals surface area contributed by atoms with Crippen LogP contribution < -0.4 is 0 Å². The van der Waals surface area contributed by atoms with E-state index in [9.17, 15) is 0 Å². The second kappa shape index (κ2) is 12.6. The lowest BCUT2D eigenvalue weighted by Crippen LogP contribution is -2.28. The van der Waals surface area contributed by atoms with Crippen LogP contribution in [0, 0.1) is 0 Å². The van der Waals surface area contributed by atoms with Crippen LogP contribution in [-0.2, 0) is 10.8 Å². The minimum atomic E-state index is -0.465. The molecule has 0 unspecified atom stereocenters. The van der Waals surface area contributed by atoms with Gasteiger partial charge in [-0.15, -0.1) is 0 Å². The predicted octanol–water partition coefficient (Wildman–Crippen LogP) is 17.2.